The second kappa shape index (κ2) is 6.33. The SMILES string of the molecule is COC(=O)c1sccc1NC(=O)Cn1nc(C2CC2)ccc1=O. The summed E-state index contributed by atoms with van der Waals surface area (Å²) in [6, 6.07) is 4.76. The van der Waals surface area contributed by atoms with E-state index in [0.717, 1.165) is 23.2 Å². The molecule has 23 heavy (non-hydrogen) atoms. The van der Waals surface area contributed by atoms with Gasteiger partial charge in [0.15, 0.2) is 0 Å². The highest BCUT2D eigenvalue weighted by atomic mass is 32.1. The van der Waals surface area contributed by atoms with E-state index in [4.69, 9.17) is 0 Å². The third kappa shape index (κ3) is 3.48. The number of amides is 1. The molecule has 0 spiro atoms. The molecule has 0 bridgehead atoms. The van der Waals surface area contributed by atoms with Gasteiger partial charge in [-0.2, -0.15) is 5.10 Å². The molecule has 8 heteroatoms. The summed E-state index contributed by atoms with van der Waals surface area (Å²) in [6.07, 6.45) is 2.13. The number of anilines is 1. The highest BCUT2D eigenvalue weighted by Gasteiger charge is 2.25. The van der Waals surface area contributed by atoms with Gasteiger partial charge in [-0.1, -0.05) is 0 Å². The van der Waals surface area contributed by atoms with Crippen molar-refractivity contribution < 1.29 is 14.3 Å². The first-order valence-electron chi connectivity index (χ1n) is 7.12. The second-order valence-corrected chi connectivity index (χ2v) is 6.15. The molecule has 1 amide bonds. The summed E-state index contributed by atoms with van der Waals surface area (Å²) in [7, 11) is 1.28. The summed E-state index contributed by atoms with van der Waals surface area (Å²) in [5.74, 6) is -0.537. The Labute approximate surface area is 135 Å². The van der Waals surface area contributed by atoms with Crippen LogP contribution in [-0.4, -0.2) is 28.8 Å². The first kappa shape index (κ1) is 15.4. The van der Waals surface area contributed by atoms with Gasteiger partial charge in [0, 0.05) is 12.0 Å². The van der Waals surface area contributed by atoms with Crippen LogP contribution < -0.4 is 10.9 Å². The fraction of sp³-hybridized carbons (Fsp3) is 0.333. The molecule has 0 saturated heterocycles. The Morgan fingerprint density at radius 3 is 2.87 bits per heavy atom. The number of ether oxygens (including phenoxy) is 1. The lowest BCUT2D eigenvalue weighted by Gasteiger charge is -2.08. The molecule has 2 aromatic heterocycles. The lowest BCUT2D eigenvalue weighted by molar-refractivity contribution is -0.117. The fourth-order valence-corrected chi connectivity index (χ4v) is 2.92. The smallest absolute Gasteiger partial charge is 0.350 e. The van der Waals surface area contributed by atoms with E-state index in [0.29, 0.717) is 16.5 Å². The topological polar surface area (TPSA) is 90.3 Å². The maximum Gasteiger partial charge on any atom is 0.350 e. The maximum absolute atomic E-state index is 12.1. The van der Waals surface area contributed by atoms with E-state index < -0.39 is 11.9 Å². The number of rotatable bonds is 5. The number of methoxy groups -OCH3 is 1. The van der Waals surface area contributed by atoms with E-state index >= 15 is 0 Å². The molecule has 7 nitrogen and oxygen atoms in total. The van der Waals surface area contributed by atoms with E-state index in [1.54, 1.807) is 17.5 Å². The van der Waals surface area contributed by atoms with Crippen molar-refractivity contribution in [3.63, 3.8) is 0 Å². The standard InChI is InChI=1S/C15H15N3O4S/c1-22-15(21)14-11(6-7-23-14)16-12(19)8-18-13(20)5-4-10(17-18)9-2-3-9/h4-7,9H,2-3,8H2,1H3,(H,16,19). The van der Waals surface area contributed by atoms with Gasteiger partial charge >= 0.3 is 5.97 Å². The van der Waals surface area contributed by atoms with Crippen molar-refractivity contribution in [3.05, 3.63) is 44.5 Å². The Balaban J connectivity index is 1.73. The molecule has 1 aliphatic rings. The summed E-state index contributed by atoms with van der Waals surface area (Å²) in [5.41, 5.74) is 0.879. The molecule has 120 valence electrons. The van der Waals surface area contributed by atoms with Crippen molar-refractivity contribution in [2.75, 3.05) is 12.4 Å². The van der Waals surface area contributed by atoms with Crippen molar-refractivity contribution >= 4 is 28.9 Å². The van der Waals surface area contributed by atoms with Gasteiger partial charge in [0.25, 0.3) is 5.56 Å². The largest absolute Gasteiger partial charge is 0.465 e. The predicted molar refractivity (Wildman–Crippen MR) is 84.8 cm³/mol. The van der Waals surface area contributed by atoms with Gasteiger partial charge in [-0.3, -0.25) is 9.59 Å². The molecule has 0 radical (unpaired) electrons. The first-order valence-corrected chi connectivity index (χ1v) is 8.00. The summed E-state index contributed by atoms with van der Waals surface area (Å²) >= 11 is 1.17. The van der Waals surface area contributed by atoms with Gasteiger partial charge < -0.3 is 10.1 Å². The van der Waals surface area contributed by atoms with Gasteiger partial charge in [-0.05, 0) is 30.4 Å². The number of thiophene rings is 1. The van der Waals surface area contributed by atoms with Crippen molar-refractivity contribution in [2.24, 2.45) is 0 Å². The average molecular weight is 333 g/mol. The number of hydrogen-bond donors (Lipinski definition) is 1. The molecule has 1 aliphatic carbocycles. The van der Waals surface area contributed by atoms with Gasteiger partial charge in [-0.25, -0.2) is 9.48 Å². The molecule has 1 N–H and O–H groups in total. The van der Waals surface area contributed by atoms with Crippen LogP contribution in [0, 0.1) is 0 Å². The Morgan fingerprint density at radius 2 is 2.17 bits per heavy atom. The molecule has 0 atom stereocenters. The van der Waals surface area contributed by atoms with Crippen LogP contribution >= 0.6 is 11.3 Å². The minimum atomic E-state index is -0.513. The normalized spacial score (nSPS) is 13.6. The zero-order chi connectivity index (χ0) is 16.4. The summed E-state index contributed by atoms with van der Waals surface area (Å²) in [5, 5.41) is 8.53. The molecule has 2 aromatic rings. The molecule has 1 saturated carbocycles. The number of nitrogens with zero attached hydrogens (tertiary/aromatic N) is 2. The van der Waals surface area contributed by atoms with E-state index in [2.05, 4.69) is 15.2 Å². The highest BCUT2D eigenvalue weighted by Crippen LogP contribution is 2.38. The third-order valence-electron chi connectivity index (χ3n) is 3.49. The summed E-state index contributed by atoms with van der Waals surface area (Å²) in [4.78, 5) is 35.9. The van der Waals surface area contributed by atoms with Crippen molar-refractivity contribution in [2.45, 2.75) is 25.3 Å². The number of aromatic nitrogens is 2. The van der Waals surface area contributed by atoms with Crippen LogP contribution in [0.2, 0.25) is 0 Å². The number of carbonyl (C=O) groups is 2. The minimum Gasteiger partial charge on any atom is -0.465 e. The van der Waals surface area contributed by atoms with Crippen molar-refractivity contribution in [1.82, 2.24) is 9.78 Å². The molecule has 0 aromatic carbocycles. The monoisotopic (exact) mass is 333 g/mol. The predicted octanol–water partition coefficient (Wildman–Crippen LogP) is 1.61. The van der Waals surface area contributed by atoms with Crippen LogP contribution in [0.1, 0.15) is 34.1 Å². The number of hydrogen-bond acceptors (Lipinski definition) is 6. The first-order chi connectivity index (χ1) is 11.1. The Morgan fingerprint density at radius 1 is 1.39 bits per heavy atom. The van der Waals surface area contributed by atoms with Gasteiger partial charge in [-0.15, -0.1) is 11.3 Å². The van der Waals surface area contributed by atoms with E-state index in [1.807, 2.05) is 0 Å². The lowest BCUT2D eigenvalue weighted by atomic mass is 10.3. The molecule has 2 heterocycles. The lowest BCUT2D eigenvalue weighted by Crippen LogP contribution is -2.30. The van der Waals surface area contributed by atoms with Crippen molar-refractivity contribution in [1.29, 1.82) is 0 Å². The summed E-state index contributed by atoms with van der Waals surface area (Å²) in [6.45, 7) is -0.199. The number of esters is 1. The van der Waals surface area contributed by atoms with Crippen LogP contribution in [0.3, 0.4) is 0 Å². The molecule has 1 fully saturated rings. The zero-order valence-corrected chi connectivity index (χ0v) is 13.3. The van der Waals surface area contributed by atoms with E-state index in [-0.39, 0.29) is 12.1 Å². The summed E-state index contributed by atoms with van der Waals surface area (Å²) < 4.78 is 5.80. The van der Waals surface area contributed by atoms with E-state index in [1.165, 1.54) is 24.5 Å². The van der Waals surface area contributed by atoms with Gasteiger partial charge in [0.05, 0.1) is 18.5 Å². The fourth-order valence-electron chi connectivity index (χ4n) is 2.16. The second-order valence-electron chi connectivity index (χ2n) is 5.23. The molecule has 0 aliphatic heterocycles. The average Bonchev–Trinajstić information content (AvgIpc) is 3.29. The number of nitrogens with one attached hydrogen (secondary N) is 1. The molecule has 3 rings (SSSR count). The van der Waals surface area contributed by atoms with Gasteiger partial charge in [0.1, 0.15) is 11.4 Å². The Hall–Kier alpha value is -2.48. The Bertz CT molecular complexity index is 807. The molecule has 0 unspecified atom stereocenters. The van der Waals surface area contributed by atoms with Crippen LogP contribution in [0.4, 0.5) is 5.69 Å². The zero-order valence-electron chi connectivity index (χ0n) is 12.4. The molecular weight excluding hydrogens is 318 g/mol. The maximum atomic E-state index is 12.1. The van der Waals surface area contributed by atoms with Crippen molar-refractivity contribution in [3.8, 4) is 0 Å². The molecular formula is C15H15N3O4S. The highest BCUT2D eigenvalue weighted by molar-refractivity contribution is 7.12. The van der Waals surface area contributed by atoms with Crippen LogP contribution in [0.5, 0.6) is 0 Å². The van der Waals surface area contributed by atoms with E-state index in [9.17, 15) is 14.4 Å². The Kier molecular flexibility index (Phi) is 4.24. The van der Waals surface area contributed by atoms with Gasteiger partial charge in [0.2, 0.25) is 5.91 Å². The van der Waals surface area contributed by atoms with Crippen LogP contribution in [0.15, 0.2) is 28.4 Å². The number of carbonyl (C=O) groups excluding carboxylic acids is 2. The third-order valence-corrected chi connectivity index (χ3v) is 4.38. The van der Waals surface area contributed by atoms with Crippen LogP contribution in [-0.2, 0) is 16.1 Å². The van der Waals surface area contributed by atoms with Crippen LogP contribution in [0.25, 0.3) is 0 Å². The quantitative estimate of drug-likeness (QED) is 0.840. The minimum absolute atomic E-state index is 0.199.